The predicted octanol–water partition coefficient (Wildman–Crippen LogP) is 4.01. The summed E-state index contributed by atoms with van der Waals surface area (Å²) in [5.41, 5.74) is 2.30. The van der Waals surface area contributed by atoms with E-state index < -0.39 is 0 Å². The molecule has 0 aliphatic rings. The van der Waals surface area contributed by atoms with E-state index >= 15 is 0 Å². The third-order valence-corrected chi connectivity index (χ3v) is 3.44. The predicted molar refractivity (Wildman–Crippen MR) is 83.8 cm³/mol. The molecule has 0 saturated heterocycles. The minimum absolute atomic E-state index is 0.198. The normalized spacial score (nSPS) is 11.1. The molecule has 3 heteroatoms. The zero-order valence-electron chi connectivity index (χ0n) is 12.9. The van der Waals surface area contributed by atoms with Gasteiger partial charge in [-0.1, -0.05) is 24.6 Å². The number of methoxy groups -OCH3 is 1. The van der Waals surface area contributed by atoms with Crippen molar-refractivity contribution in [2.45, 2.75) is 39.5 Å². The van der Waals surface area contributed by atoms with E-state index in [4.69, 9.17) is 10.00 Å². The van der Waals surface area contributed by atoms with E-state index in [0.29, 0.717) is 0 Å². The maximum Gasteiger partial charge on any atom is 0.0683 e. The van der Waals surface area contributed by atoms with Gasteiger partial charge >= 0.3 is 0 Å². The van der Waals surface area contributed by atoms with Crippen molar-refractivity contribution < 1.29 is 4.74 Å². The highest BCUT2D eigenvalue weighted by molar-refractivity contribution is 5.51. The lowest BCUT2D eigenvalue weighted by Gasteiger charge is -2.15. The third-order valence-electron chi connectivity index (χ3n) is 3.44. The van der Waals surface area contributed by atoms with E-state index in [9.17, 15) is 0 Å². The minimum Gasteiger partial charge on any atom is -0.385 e. The van der Waals surface area contributed by atoms with Crippen molar-refractivity contribution in [1.82, 2.24) is 0 Å². The summed E-state index contributed by atoms with van der Waals surface area (Å²) < 4.78 is 5.14. The smallest absolute Gasteiger partial charge is 0.0683 e. The summed E-state index contributed by atoms with van der Waals surface area (Å²) >= 11 is 0. The fourth-order valence-electron chi connectivity index (χ4n) is 2.09. The number of hydrogen-bond acceptors (Lipinski definition) is 3. The summed E-state index contributed by atoms with van der Waals surface area (Å²) in [5.74, 6) is 0. The van der Waals surface area contributed by atoms with Crippen LogP contribution in [0, 0.1) is 16.7 Å². The molecular weight excluding hydrogens is 248 g/mol. The first-order valence-corrected chi connectivity index (χ1v) is 7.31. The molecule has 0 bridgehead atoms. The van der Waals surface area contributed by atoms with Crippen molar-refractivity contribution in [3.63, 3.8) is 0 Å². The molecular formula is C17H26N2O. The van der Waals surface area contributed by atoms with E-state index in [1.165, 1.54) is 11.3 Å². The second-order valence-corrected chi connectivity index (χ2v) is 5.78. The molecule has 1 aromatic carbocycles. The lowest BCUT2D eigenvalue weighted by atomic mass is 9.89. The summed E-state index contributed by atoms with van der Waals surface area (Å²) in [6.45, 7) is 5.70. The van der Waals surface area contributed by atoms with E-state index in [1.807, 2.05) is 13.8 Å². The van der Waals surface area contributed by atoms with Crippen LogP contribution >= 0.6 is 0 Å². The Morgan fingerprint density at radius 1 is 1.25 bits per heavy atom. The van der Waals surface area contributed by atoms with Crippen molar-refractivity contribution in [2.75, 3.05) is 25.6 Å². The number of nitrogens with zero attached hydrogens (tertiary/aromatic N) is 1. The summed E-state index contributed by atoms with van der Waals surface area (Å²) in [4.78, 5) is 0. The first-order valence-electron chi connectivity index (χ1n) is 7.31. The van der Waals surface area contributed by atoms with Crippen molar-refractivity contribution in [3.8, 4) is 6.07 Å². The standard InChI is InChI=1S/C17H26N2O/c1-17(2,14-18)11-6-7-12-19-16-9-5-4-8-15(16)10-13-20-3/h4-5,8-9,19H,6-7,10-13H2,1-3H3. The van der Waals surface area contributed by atoms with Gasteiger partial charge in [-0.05, 0) is 44.7 Å². The molecule has 0 aliphatic carbocycles. The van der Waals surface area contributed by atoms with Gasteiger partial charge < -0.3 is 10.1 Å². The third kappa shape index (κ3) is 6.08. The molecule has 3 nitrogen and oxygen atoms in total. The summed E-state index contributed by atoms with van der Waals surface area (Å²) in [7, 11) is 1.73. The lowest BCUT2D eigenvalue weighted by molar-refractivity contribution is 0.202. The Kier molecular flexibility index (Phi) is 7.11. The number of benzene rings is 1. The van der Waals surface area contributed by atoms with Gasteiger partial charge in [-0.3, -0.25) is 0 Å². The summed E-state index contributed by atoms with van der Waals surface area (Å²) in [5, 5.41) is 12.5. The number of nitrogens with one attached hydrogen (secondary N) is 1. The second kappa shape index (κ2) is 8.60. The van der Waals surface area contributed by atoms with E-state index in [2.05, 4.69) is 35.7 Å². The molecule has 0 radical (unpaired) electrons. The second-order valence-electron chi connectivity index (χ2n) is 5.78. The zero-order chi connectivity index (χ0) is 14.8. The molecule has 110 valence electrons. The van der Waals surface area contributed by atoms with Crippen LogP contribution < -0.4 is 5.32 Å². The Hall–Kier alpha value is -1.53. The maximum absolute atomic E-state index is 8.97. The first-order chi connectivity index (χ1) is 9.59. The topological polar surface area (TPSA) is 45.0 Å². The number of anilines is 1. The highest BCUT2D eigenvalue weighted by Gasteiger charge is 2.15. The van der Waals surface area contributed by atoms with Gasteiger partial charge in [-0.2, -0.15) is 5.26 Å². The fourth-order valence-corrected chi connectivity index (χ4v) is 2.09. The molecule has 0 unspecified atom stereocenters. The molecule has 0 atom stereocenters. The van der Waals surface area contributed by atoms with Crippen molar-refractivity contribution in [2.24, 2.45) is 5.41 Å². The summed E-state index contributed by atoms with van der Waals surface area (Å²) in [6, 6.07) is 10.7. The van der Waals surface area contributed by atoms with E-state index in [-0.39, 0.29) is 5.41 Å². The van der Waals surface area contributed by atoms with Crippen LogP contribution in [0.1, 0.15) is 38.7 Å². The van der Waals surface area contributed by atoms with Crippen LogP contribution in [-0.2, 0) is 11.2 Å². The van der Waals surface area contributed by atoms with Crippen molar-refractivity contribution in [3.05, 3.63) is 29.8 Å². The molecule has 0 heterocycles. The number of hydrogen-bond donors (Lipinski definition) is 1. The average Bonchev–Trinajstić information content (AvgIpc) is 2.45. The minimum atomic E-state index is -0.198. The molecule has 1 rings (SSSR count). The Morgan fingerprint density at radius 2 is 2.00 bits per heavy atom. The SMILES string of the molecule is COCCc1ccccc1NCCCCC(C)(C)C#N. The van der Waals surface area contributed by atoms with Gasteiger partial charge in [0.15, 0.2) is 0 Å². The zero-order valence-corrected chi connectivity index (χ0v) is 12.9. The number of rotatable bonds is 9. The lowest BCUT2D eigenvalue weighted by Crippen LogP contribution is -2.10. The fraction of sp³-hybridized carbons (Fsp3) is 0.588. The van der Waals surface area contributed by atoms with Crippen LogP contribution in [0.5, 0.6) is 0 Å². The Morgan fingerprint density at radius 3 is 2.70 bits per heavy atom. The van der Waals surface area contributed by atoms with Gasteiger partial charge in [-0.15, -0.1) is 0 Å². The van der Waals surface area contributed by atoms with Crippen LogP contribution in [0.3, 0.4) is 0 Å². The van der Waals surface area contributed by atoms with Crippen LogP contribution in [0.25, 0.3) is 0 Å². The van der Waals surface area contributed by atoms with Crippen LogP contribution in [-0.4, -0.2) is 20.3 Å². The molecule has 0 spiro atoms. The van der Waals surface area contributed by atoms with Crippen LogP contribution in [0.2, 0.25) is 0 Å². The number of ether oxygens (including phenoxy) is 1. The van der Waals surface area contributed by atoms with Crippen molar-refractivity contribution in [1.29, 1.82) is 5.26 Å². The quantitative estimate of drug-likeness (QED) is 0.692. The molecule has 0 fully saturated rings. The average molecular weight is 274 g/mol. The number of unbranched alkanes of at least 4 members (excludes halogenated alkanes) is 1. The largest absolute Gasteiger partial charge is 0.385 e. The summed E-state index contributed by atoms with van der Waals surface area (Å²) in [6.07, 6.45) is 4.05. The Balaban J connectivity index is 2.33. The number of para-hydroxylation sites is 1. The Bertz CT molecular complexity index is 435. The van der Waals surface area contributed by atoms with Crippen LogP contribution in [0.15, 0.2) is 24.3 Å². The van der Waals surface area contributed by atoms with Gasteiger partial charge in [0.1, 0.15) is 0 Å². The first kappa shape index (κ1) is 16.5. The van der Waals surface area contributed by atoms with Gasteiger partial charge in [0.25, 0.3) is 0 Å². The molecule has 0 aromatic heterocycles. The molecule has 1 aromatic rings. The molecule has 0 aliphatic heterocycles. The number of nitriles is 1. The van der Waals surface area contributed by atoms with E-state index in [1.54, 1.807) is 7.11 Å². The molecule has 0 saturated carbocycles. The maximum atomic E-state index is 8.97. The monoisotopic (exact) mass is 274 g/mol. The highest BCUT2D eigenvalue weighted by Crippen LogP contribution is 2.22. The van der Waals surface area contributed by atoms with Crippen LogP contribution in [0.4, 0.5) is 5.69 Å². The van der Waals surface area contributed by atoms with Gasteiger partial charge in [0.2, 0.25) is 0 Å². The van der Waals surface area contributed by atoms with E-state index in [0.717, 1.165) is 38.8 Å². The van der Waals surface area contributed by atoms with Gasteiger partial charge in [0, 0.05) is 19.3 Å². The van der Waals surface area contributed by atoms with Crippen molar-refractivity contribution >= 4 is 5.69 Å². The molecule has 20 heavy (non-hydrogen) atoms. The molecule has 0 amide bonds. The Labute approximate surface area is 123 Å². The molecule has 1 N–H and O–H groups in total. The highest BCUT2D eigenvalue weighted by atomic mass is 16.5. The van der Waals surface area contributed by atoms with Gasteiger partial charge in [-0.25, -0.2) is 0 Å². The van der Waals surface area contributed by atoms with Gasteiger partial charge in [0.05, 0.1) is 18.1 Å².